The van der Waals surface area contributed by atoms with E-state index in [1.807, 2.05) is 18.2 Å². The van der Waals surface area contributed by atoms with Gasteiger partial charge in [-0.25, -0.2) is 4.98 Å². The molecule has 2 aliphatic rings. The highest BCUT2D eigenvalue weighted by atomic mass is 35.5. The van der Waals surface area contributed by atoms with E-state index in [0.29, 0.717) is 23.3 Å². The second kappa shape index (κ2) is 10.2. The second-order valence-corrected chi connectivity index (χ2v) is 9.92. The quantitative estimate of drug-likeness (QED) is 0.573. The fourth-order valence-corrected chi connectivity index (χ4v) is 4.84. The van der Waals surface area contributed by atoms with E-state index < -0.39 is 0 Å². The lowest BCUT2D eigenvalue weighted by molar-refractivity contribution is -0.120. The third kappa shape index (κ3) is 6.00. The largest absolute Gasteiger partial charge is 0.385 e. The molecule has 2 atom stereocenters. The minimum absolute atomic E-state index is 0.00720. The van der Waals surface area contributed by atoms with Crippen LogP contribution in [0.4, 0.5) is 11.5 Å². The first-order valence-corrected chi connectivity index (χ1v) is 11.9. The van der Waals surface area contributed by atoms with E-state index in [4.69, 9.17) is 16.3 Å². The van der Waals surface area contributed by atoms with Crippen LogP contribution in [0.1, 0.15) is 39.5 Å². The van der Waals surface area contributed by atoms with Crippen LogP contribution in [0.3, 0.4) is 0 Å². The molecular formula is C25H33ClN4O2. The Labute approximate surface area is 195 Å². The van der Waals surface area contributed by atoms with E-state index in [1.54, 1.807) is 6.20 Å². The van der Waals surface area contributed by atoms with Gasteiger partial charge in [0, 0.05) is 37.1 Å². The molecule has 0 spiro atoms. The Morgan fingerprint density at radius 3 is 2.97 bits per heavy atom. The summed E-state index contributed by atoms with van der Waals surface area (Å²) in [5.74, 6) is 1.10. The average Bonchev–Trinajstić information content (AvgIpc) is 2.79. The van der Waals surface area contributed by atoms with Crippen LogP contribution < -0.4 is 16.0 Å². The Hall–Kier alpha value is -2.15. The molecule has 32 heavy (non-hydrogen) atoms. The summed E-state index contributed by atoms with van der Waals surface area (Å²) in [5.41, 5.74) is 2.85. The fraction of sp³-hybridized carbons (Fsp3) is 0.520. The van der Waals surface area contributed by atoms with Crippen molar-refractivity contribution < 1.29 is 9.53 Å². The van der Waals surface area contributed by atoms with Gasteiger partial charge in [0.25, 0.3) is 0 Å². The number of nitrogens with one attached hydrogen (secondary N) is 3. The molecule has 0 radical (unpaired) electrons. The third-order valence-corrected chi connectivity index (χ3v) is 6.64. The van der Waals surface area contributed by atoms with Gasteiger partial charge in [-0.05, 0) is 75.8 Å². The van der Waals surface area contributed by atoms with Gasteiger partial charge in [-0.15, -0.1) is 0 Å². The summed E-state index contributed by atoms with van der Waals surface area (Å²) in [6.07, 6.45) is 5.65. The summed E-state index contributed by atoms with van der Waals surface area (Å²) in [5, 5.41) is 10.4. The minimum atomic E-state index is -0.0501. The van der Waals surface area contributed by atoms with Crippen molar-refractivity contribution in [1.29, 1.82) is 0 Å². The van der Waals surface area contributed by atoms with Gasteiger partial charge < -0.3 is 20.7 Å². The first-order chi connectivity index (χ1) is 15.4. The Morgan fingerprint density at radius 2 is 2.19 bits per heavy atom. The van der Waals surface area contributed by atoms with Crippen molar-refractivity contribution in [2.45, 2.75) is 45.1 Å². The van der Waals surface area contributed by atoms with Gasteiger partial charge >= 0.3 is 0 Å². The number of anilines is 2. The zero-order valence-corrected chi connectivity index (χ0v) is 19.7. The highest BCUT2D eigenvalue weighted by Crippen LogP contribution is 2.32. The molecule has 0 aliphatic carbocycles. The van der Waals surface area contributed by atoms with Crippen molar-refractivity contribution in [3.8, 4) is 11.1 Å². The van der Waals surface area contributed by atoms with Gasteiger partial charge in [0.1, 0.15) is 5.82 Å². The summed E-state index contributed by atoms with van der Waals surface area (Å²) in [6.45, 7) is 7.74. The number of nitrogens with zero attached hydrogens (tertiary/aromatic N) is 1. The monoisotopic (exact) mass is 456 g/mol. The number of carbonyl (C=O) groups is 1. The first-order valence-electron chi connectivity index (χ1n) is 11.5. The van der Waals surface area contributed by atoms with Crippen molar-refractivity contribution >= 4 is 29.0 Å². The Balaban J connectivity index is 1.43. The molecule has 0 saturated carbocycles. The Kier molecular flexibility index (Phi) is 7.33. The summed E-state index contributed by atoms with van der Waals surface area (Å²) in [6, 6.07) is 10.1. The van der Waals surface area contributed by atoms with Gasteiger partial charge in [-0.1, -0.05) is 23.7 Å². The molecule has 2 aliphatic heterocycles. The summed E-state index contributed by atoms with van der Waals surface area (Å²) in [7, 11) is 0. The van der Waals surface area contributed by atoms with Crippen LogP contribution >= 0.6 is 11.6 Å². The van der Waals surface area contributed by atoms with Crippen LogP contribution in [0.5, 0.6) is 0 Å². The smallest absolute Gasteiger partial charge is 0.229 e. The highest BCUT2D eigenvalue weighted by molar-refractivity contribution is 6.33. The number of ether oxygens (including phenoxy) is 1. The van der Waals surface area contributed by atoms with Crippen molar-refractivity contribution in [2.75, 3.05) is 36.9 Å². The number of amides is 1. The van der Waals surface area contributed by atoms with Gasteiger partial charge in [-0.3, -0.25) is 4.79 Å². The molecule has 3 N–H and O–H groups in total. The fourth-order valence-electron chi connectivity index (χ4n) is 4.62. The normalized spacial score (nSPS) is 22.8. The van der Waals surface area contributed by atoms with E-state index >= 15 is 0 Å². The Morgan fingerprint density at radius 1 is 1.31 bits per heavy atom. The van der Waals surface area contributed by atoms with Crippen LogP contribution in [0, 0.1) is 11.8 Å². The van der Waals surface area contributed by atoms with Crippen LogP contribution in [0.2, 0.25) is 5.02 Å². The maximum atomic E-state index is 12.6. The summed E-state index contributed by atoms with van der Waals surface area (Å²) < 4.78 is 5.83. The van der Waals surface area contributed by atoms with E-state index in [0.717, 1.165) is 62.2 Å². The van der Waals surface area contributed by atoms with Crippen molar-refractivity contribution in [1.82, 2.24) is 10.3 Å². The molecule has 2 fully saturated rings. The molecule has 6 nitrogen and oxygen atoms in total. The predicted octanol–water partition coefficient (Wildman–Crippen LogP) is 4.96. The number of pyridine rings is 1. The van der Waals surface area contributed by atoms with Crippen LogP contribution in [0.15, 0.2) is 36.5 Å². The summed E-state index contributed by atoms with van der Waals surface area (Å²) in [4.78, 5) is 16.9. The molecule has 3 heterocycles. The maximum Gasteiger partial charge on any atom is 0.229 e. The molecule has 2 saturated heterocycles. The van der Waals surface area contributed by atoms with E-state index in [1.165, 1.54) is 0 Å². The number of benzene rings is 1. The van der Waals surface area contributed by atoms with E-state index in [-0.39, 0.29) is 17.4 Å². The molecule has 1 aromatic heterocycles. The Bertz CT molecular complexity index is 943. The number of piperidine rings is 1. The topological polar surface area (TPSA) is 75.3 Å². The molecule has 7 heteroatoms. The van der Waals surface area contributed by atoms with Crippen molar-refractivity contribution in [3.63, 3.8) is 0 Å². The SMILES string of the molecule is CC1(C)C[C@@H](CNc2cccc(-c3cc(NC(=O)[C@@H]4CCCNC4)ncc3Cl)c2)CCO1. The number of aromatic nitrogens is 1. The zero-order chi connectivity index (χ0) is 22.6. The summed E-state index contributed by atoms with van der Waals surface area (Å²) >= 11 is 6.48. The van der Waals surface area contributed by atoms with Crippen LogP contribution in [-0.4, -0.2) is 42.7 Å². The number of rotatable bonds is 6. The van der Waals surface area contributed by atoms with Gasteiger partial charge in [0.05, 0.1) is 16.5 Å². The molecule has 1 aromatic carbocycles. The molecule has 172 valence electrons. The van der Waals surface area contributed by atoms with E-state index in [9.17, 15) is 4.79 Å². The lowest BCUT2D eigenvalue weighted by Crippen LogP contribution is -2.37. The molecular weight excluding hydrogens is 424 g/mol. The highest BCUT2D eigenvalue weighted by Gasteiger charge is 2.28. The number of halogens is 1. The second-order valence-electron chi connectivity index (χ2n) is 9.51. The molecule has 1 amide bonds. The van der Waals surface area contributed by atoms with Gasteiger partial charge in [0.15, 0.2) is 0 Å². The van der Waals surface area contributed by atoms with E-state index in [2.05, 4.69) is 46.9 Å². The molecule has 0 unspecified atom stereocenters. The van der Waals surface area contributed by atoms with Crippen molar-refractivity contribution in [2.24, 2.45) is 11.8 Å². The average molecular weight is 457 g/mol. The standard InChI is InChI=1S/C25H33ClN4O2/c1-25(2)13-17(8-10-32-25)14-28-20-7-3-5-18(11-20)21-12-23(29-16-22(21)26)30-24(31)19-6-4-9-27-15-19/h3,5,7,11-12,16-17,19,27-28H,4,6,8-10,13-15H2,1-2H3,(H,29,30,31)/t17-,19+/m0/s1. The maximum absolute atomic E-state index is 12.6. The molecule has 0 bridgehead atoms. The molecule has 2 aromatic rings. The van der Waals surface area contributed by atoms with Gasteiger partial charge in [0.2, 0.25) is 5.91 Å². The predicted molar refractivity (Wildman–Crippen MR) is 130 cm³/mol. The third-order valence-electron chi connectivity index (χ3n) is 6.34. The lowest BCUT2D eigenvalue weighted by Gasteiger charge is -2.35. The number of hydrogen-bond donors (Lipinski definition) is 3. The van der Waals surface area contributed by atoms with Crippen molar-refractivity contribution in [3.05, 3.63) is 41.6 Å². The van der Waals surface area contributed by atoms with Crippen LogP contribution in [0.25, 0.3) is 11.1 Å². The van der Waals surface area contributed by atoms with Crippen LogP contribution in [-0.2, 0) is 9.53 Å². The number of hydrogen-bond acceptors (Lipinski definition) is 5. The zero-order valence-electron chi connectivity index (χ0n) is 18.9. The first kappa shape index (κ1) is 23.0. The van der Waals surface area contributed by atoms with Gasteiger partial charge in [-0.2, -0.15) is 0 Å². The minimum Gasteiger partial charge on any atom is -0.385 e. The number of carbonyl (C=O) groups excluding carboxylic acids is 1. The lowest BCUT2D eigenvalue weighted by atomic mass is 9.88. The molecule has 4 rings (SSSR count).